The summed E-state index contributed by atoms with van der Waals surface area (Å²) in [5.74, 6) is 0. The van der Waals surface area contributed by atoms with Crippen LogP contribution in [0.25, 0.3) is 0 Å². The predicted octanol–water partition coefficient (Wildman–Crippen LogP) is 1.25. The number of hydrogen-bond acceptors (Lipinski definition) is 5. The molecule has 0 bridgehead atoms. The molecule has 0 unspecified atom stereocenters. The molecule has 0 saturated heterocycles. The Labute approximate surface area is 91.7 Å². The summed E-state index contributed by atoms with van der Waals surface area (Å²) in [5, 5.41) is 5.62. The molecule has 0 spiro atoms. The molecule has 0 aliphatic rings. The Hall–Kier alpha value is -1.56. The minimum atomic E-state index is 0.646. The van der Waals surface area contributed by atoms with Gasteiger partial charge >= 0.3 is 0 Å². The Kier molecular flexibility index (Phi) is 2.59. The summed E-state index contributed by atoms with van der Waals surface area (Å²) in [6.45, 7) is 1.92. The molecule has 0 atom stereocenters. The number of rotatable bonds is 2. The number of nitrogens with two attached hydrogens (primary N) is 1. The van der Waals surface area contributed by atoms with Crippen molar-refractivity contribution in [3.8, 4) is 0 Å². The van der Waals surface area contributed by atoms with Crippen LogP contribution in [-0.2, 0) is 7.05 Å². The number of aromatic nitrogens is 4. The number of hydrogen-bond donors (Lipinski definition) is 1. The molecular formula is C9H11N5S. The molecule has 0 radical (unpaired) electrons. The SMILES string of the molecule is Cc1ccnc(Sc2nn(C)cc2N)n1. The minimum Gasteiger partial charge on any atom is -0.395 e. The maximum atomic E-state index is 5.77. The third-order valence-electron chi connectivity index (χ3n) is 1.78. The Bertz CT molecular complexity index is 479. The van der Waals surface area contributed by atoms with Crippen molar-refractivity contribution in [2.45, 2.75) is 17.1 Å². The zero-order chi connectivity index (χ0) is 10.8. The molecule has 2 aromatic rings. The van der Waals surface area contributed by atoms with E-state index in [9.17, 15) is 0 Å². The van der Waals surface area contributed by atoms with Crippen molar-refractivity contribution in [2.24, 2.45) is 7.05 Å². The fourth-order valence-corrected chi connectivity index (χ4v) is 1.94. The molecule has 2 heterocycles. The normalized spacial score (nSPS) is 10.5. The van der Waals surface area contributed by atoms with E-state index in [4.69, 9.17) is 5.73 Å². The maximum Gasteiger partial charge on any atom is 0.194 e. The molecule has 2 aromatic heterocycles. The van der Waals surface area contributed by atoms with Crippen LogP contribution in [-0.4, -0.2) is 19.7 Å². The Morgan fingerprint density at radius 2 is 2.27 bits per heavy atom. The van der Waals surface area contributed by atoms with Crippen LogP contribution in [0.2, 0.25) is 0 Å². The van der Waals surface area contributed by atoms with Gasteiger partial charge in [-0.05, 0) is 24.8 Å². The van der Waals surface area contributed by atoms with Crippen molar-refractivity contribution in [3.63, 3.8) is 0 Å². The van der Waals surface area contributed by atoms with Gasteiger partial charge in [-0.1, -0.05) is 0 Å². The van der Waals surface area contributed by atoms with Crippen LogP contribution in [0.15, 0.2) is 28.6 Å². The Morgan fingerprint density at radius 1 is 1.47 bits per heavy atom. The molecule has 0 aliphatic heterocycles. The molecule has 0 aromatic carbocycles. The lowest BCUT2D eigenvalue weighted by atomic mass is 10.5. The highest BCUT2D eigenvalue weighted by atomic mass is 32.2. The van der Waals surface area contributed by atoms with Gasteiger partial charge in [0.1, 0.15) is 5.03 Å². The Balaban J connectivity index is 2.25. The van der Waals surface area contributed by atoms with Gasteiger partial charge in [0.05, 0.1) is 5.69 Å². The second-order valence-electron chi connectivity index (χ2n) is 3.15. The summed E-state index contributed by atoms with van der Waals surface area (Å²) >= 11 is 1.37. The van der Waals surface area contributed by atoms with E-state index in [1.165, 1.54) is 11.8 Å². The van der Waals surface area contributed by atoms with Crippen molar-refractivity contribution < 1.29 is 0 Å². The summed E-state index contributed by atoms with van der Waals surface area (Å²) in [7, 11) is 1.83. The van der Waals surface area contributed by atoms with Crippen molar-refractivity contribution >= 4 is 17.4 Å². The molecule has 2 N–H and O–H groups in total. The number of anilines is 1. The highest BCUT2D eigenvalue weighted by Crippen LogP contribution is 2.27. The lowest BCUT2D eigenvalue weighted by Crippen LogP contribution is -1.91. The first kappa shape index (κ1) is 9.97. The smallest absolute Gasteiger partial charge is 0.194 e. The average Bonchev–Trinajstić information content (AvgIpc) is 2.45. The molecule has 0 fully saturated rings. The second-order valence-corrected chi connectivity index (χ2v) is 4.10. The molecule has 15 heavy (non-hydrogen) atoms. The summed E-state index contributed by atoms with van der Waals surface area (Å²) < 4.78 is 1.67. The minimum absolute atomic E-state index is 0.646. The zero-order valence-electron chi connectivity index (χ0n) is 8.51. The molecular weight excluding hydrogens is 210 g/mol. The molecule has 6 heteroatoms. The first-order valence-electron chi connectivity index (χ1n) is 4.42. The highest BCUT2D eigenvalue weighted by molar-refractivity contribution is 7.99. The van der Waals surface area contributed by atoms with Crippen LogP contribution in [0.1, 0.15) is 5.69 Å². The van der Waals surface area contributed by atoms with E-state index in [1.807, 2.05) is 20.0 Å². The molecule has 78 valence electrons. The predicted molar refractivity (Wildman–Crippen MR) is 58.5 cm³/mol. The average molecular weight is 221 g/mol. The molecule has 0 amide bonds. The van der Waals surface area contributed by atoms with E-state index in [-0.39, 0.29) is 0 Å². The van der Waals surface area contributed by atoms with E-state index in [1.54, 1.807) is 17.1 Å². The van der Waals surface area contributed by atoms with Crippen molar-refractivity contribution in [3.05, 3.63) is 24.2 Å². The van der Waals surface area contributed by atoms with Gasteiger partial charge in [0.25, 0.3) is 0 Å². The van der Waals surface area contributed by atoms with Crippen LogP contribution < -0.4 is 5.73 Å². The number of nitrogen functional groups attached to an aromatic ring is 1. The lowest BCUT2D eigenvalue weighted by Gasteiger charge is -1.97. The van der Waals surface area contributed by atoms with Crippen molar-refractivity contribution in [2.75, 3.05) is 5.73 Å². The highest BCUT2D eigenvalue weighted by Gasteiger charge is 2.08. The topological polar surface area (TPSA) is 69.6 Å². The van der Waals surface area contributed by atoms with Gasteiger partial charge in [-0.3, -0.25) is 4.68 Å². The van der Waals surface area contributed by atoms with Gasteiger partial charge < -0.3 is 5.73 Å². The third-order valence-corrected chi connectivity index (χ3v) is 2.67. The first-order valence-corrected chi connectivity index (χ1v) is 5.23. The first-order chi connectivity index (χ1) is 7.15. The van der Waals surface area contributed by atoms with Crippen molar-refractivity contribution in [1.82, 2.24) is 19.7 Å². The second kappa shape index (κ2) is 3.90. The number of nitrogens with zero attached hydrogens (tertiary/aromatic N) is 4. The summed E-state index contributed by atoms with van der Waals surface area (Å²) in [4.78, 5) is 8.40. The fourth-order valence-electron chi connectivity index (χ4n) is 1.13. The van der Waals surface area contributed by atoms with Crippen LogP contribution in [0, 0.1) is 6.92 Å². The zero-order valence-corrected chi connectivity index (χ0v) is 9.32. The van der Waals surface area contributed by atoms with E-state index in [0.29, 0.717) is 10.8 Å². The van der Waals surface area contributed by atoms with E-state index >= 15 is 0 Å². The quantitative estimate of drug-likeness (QED) is 0.773. The standard InChI is InChI=1S/C9H11N5S/c1-6-3-4-11-9(12-6)15-8-7(10)5-14(2)13-8/h3-5H,10H2,1-2H3. The largest absolute Gasteiger partial charge is 0.395 e. The third kappa shape index (κ3) is 2.27. The van der Waals surface area contributed by atoms with Gasteiger partial charge in [0, 0.05) is 25.1 Å². The van der Waals surface area contributed by atoms with Gasteiger partial charge in [-0.2, -0.15) is 5.10 Å². The molecule has 5 nitrogen and oxygen atoms in total. The van der Waals surface area contributed by atoms with E-state index in [0.717, 1.165) is 10.7 Å². The van der Waals surface area contributed by atoms with Crippen LogP contribution in [0.4, 0.5) is 5.69 Å². The Morgan fingerprint density at radius 3 is 2.87 bits per heavy atom. The van der Waals surface area contributed by atoms with Crippen molar-refractivity contribution in [1.29, 1.82) is 0 Å². The van der Waals surface area contributed by atoms with E-state index in [2.05, 4.69) is 15.1 Å². The van der Waals surface area contributed by atoms with Gasteiger partial charge in [-0.15, -0.1) is 0 Å². The molecule has 2 rings (SSSR count). The summed E-state index contributed by atoms with van der Waals surface area (Å²) in [5.41, 5.74) is 7.35. The molecule has 0 saturated carbocycles. The van der Waals surface area contributed by atoms with Crippen LogP contribution >= 0.6 is 11.8 Å². The maximum absolute atomic E-state index is 5.77. The number of aryl methyl sites for hydroxylation is 2. The summed E-state index contributed by atoms with van der Waals surface area (Å²) in [6, 6.07) is 1.85. The lowest BCUT2D eigenvalue weighted by molar-refractivity contribution is 0.737. The summed E-state index contributed by atoms with van der Waals surface area (Å²) in [6.07, 6.45) is 3.49. The fraction of sp³-hybridized carbons (Fsp3) is 0.222. The molecule has 0 aliphatic carbocycles. The van der Waals surface area contributed by atoms with Gasteiger partial charge in [0.15, 0.2) is 5.16 Å². The monoisotopic (exact) mass is 221 g/mol. The van der Waals surface area contributed by atoms with E-state index < -0.39 is 0 Å². The van der Waals surface area contributed by atoms with Gasteiger partial charge in [0.2, 0.25) is 0 Å². The van der Waals surface area contributed by atoms with Crippen LogP contribution in [0.3, 0.4) is 0 Å². The van der Waals surface area contributed by atoms with Gasteiger partial charge in [-0.25, -0.2) is 9.97 Å². The van der Waals surface area contributed by atoms with Crippen LogP contribution in [0.5, 0.6) is 0 Å².